The second kappa shape index (κ2) is 3.71. The molecule has 0 saturated carbocycles. The van der Waals surface area contributed by atoms with Crippen LogP contribution in [0.3, 0.4) is 0 Å². The minimum atomic E-state index is -0.278. The molecule has 0 aliphatic rings. The molecule has 0 heterocycles. The maximum absolute atomic E-state index is 11.2. The Labute approximate surface area is 62.8 Å². The van der Waals surface area contributed by atoms with Crippen LogP contribution in [0, 0.1) is 11.8 Å². The van der Waals surface area contributed by atoms with E-state index < -0.39 is 0 Å². The van der Waals surface area contributed by atoms with Gasteiger partial charge >= 0.3 is 0 Å². The van der Waals surface area contributed by atoms with Gasteiger partial charge in [0.15, 0.2) is 5.78 Å². The van der Waals surface area contributed by atoms with E-state index in [0.29, 0.717) is 0 Å². The highest BCUT2D eigenvalue weighted by atomic mass is 16.1. The quantitative estimate of drug-likeness (QED) is 0.645. The fourth-order valence-corrected chi connectivity index (χ4v) is 0.713. The van der Waals surface area contributed by atoms with Crippen LogP contribution in [0.5, 0.6) is 0 Å². The van der Waals surface area contributed by atoms with Crippen LogP contribution in [0.15, 0.2) is 0 Å². The lowest BCUT2D eigenvalue weighted by molar-refractivity contribution is -0.124. The van der Waals surface area contributed by atoms with Gasteiger partial charge < -0.3 is 5.73 Å². The Balaban J connectivity index is 3.95. The van der Waals surface area contributed by atoms with Crippen molar-refractivity contribution in [2.45, 2.75) is 33.7 Å². The lowest BCUT2D eigenvalue weighted by Gasteiger charge is -2.15. The van der Waals surface area contributed by atoms with Crippen LogP contribution >= 0.6 is 0 Å². The second-order valence-electron chi connectivity index (χ2n) is 3.33. The zero-order valence-electron chi connectivity index (χ0n) is 7.22. The third-order valence-corrected chi connectivity index (χ3v) is 1.62. The third kappa shape index (κ3) is 2.48. The summed E-state index contributed by atoms with van der Waals surface area (Å²) in [5.74, 6) is 0.488. The molecule has 0 rings (SSSR count). The molecule has 10 heavy (non-hydrogen) atoms. The van der Waals surface area contributed by atoms with Crippen molar-refractivity contribution in [2.75, 3.05) is 0 Å². The van der Waals surface area contributed by atoms with Gasteiger partial charge in [-0.15, -0.1) is 0 Å². The molecule has 0 aromatic rings. The summed E-state index contributed by atoms with van der Waals surface area (Å²) < 4.78 is 0. The van der Waals surface area contributed by atoms with E-state index in [0.717, 1.165) is 0 Å². The van der Waals surface area contributed by atoms with Crippen molar-refractivity contribution < 1.29 is 4.79 Å². The van der Waals surface area contributed by atoms with Crippen molar-refractivity contribution in [3.8, 4) is 0 Å². The minimum Gasteiger partial charge on any atom is -0.321 e. The van der Waals surface area contributed by atoms with E-state index in [1.807, 2.05) is 27.7 Å². The fraction of sp³-hybridized carbons (Fsp3) is 0.875. The van der Waals surface area contributed by atoms with Gasteiger partial charge in [-0.3, -0.25) is 4.79 Å². The number of hydrogen-bond acceptors (Lipinski definition) is 2. The Kier molecular flexibility index (Phi) is 3.58. The number of carbonyl (C=O) groups is 1. The van der Waals surface area contributed by atoms with Crippen molar-refractivity contribution in [3.63, 3.8) is 0 Å². The molecule has 0 aliphatic heterocycles. The van der Waals surface area contributed by atoms with E-state index in [1.54, 1.807) is 0 Å². The summed E-state index contributed by atoms with van der Waals surface area (Å²) in [4.78, 5) is 11.2. The number of nitrogens with two attached hydrogens (primary N) is 1. The number of hydrogen-bond donors (Lipinski definition) is 1. The minimum absolute atomic E-state index is 0.0670. The largest absolute Gasteiger partial charge is 0.321 e. The third-order valence-electron chi connectivity index (χ3n) is 1.62. The molecule has 2 nitrogen and oxygen atoms in total. The van der Waals surface area contributed by atoms with E-state index in [1.165, 1.54) is 0 Å². The summed E-state index contributed by atoms with van der Waals surface area (Å²) in [6.07, 6.45) is 0. The van der Waals surface area contributed by atoms with Crippen molar-refractivity contribution in [1.82, 2.24) is 0 Å². The molecule has 1 unspecified atom stereocenters. The Bertz CT molecular complexity index is 118. The van der Waals surface area contributed by atoms with Crippen LogP contribution in [0.25, 0.3) is 0 Å². The Morgan fingerprint density at radius 1 is 1.20 bits per heavy atom. The summed E-state index contributed by atoms with van der Waals surface area (Å²) in [5.41, 5.74) is 5.61. The molecule has 0 fully saturated rings. The van der Waals surface area contributed by atoms with Crippen molar-refractivity contribution in [3.05, 3.63) is 0 Å². The van der Waals surface area contributed by atoms with E-state index in [-0.39, 0.29) is 23.7 Å². The normalized spacial score (nSPS) is 14.3. The average Bonchev–Trinajstić information content (AvgIpc) is 1.84. The maximum atomic E-state index is 11.2. The second-order valence-corrected chi connectivity index (χ2v) is 3.33. The predicted octanol–water partition coefficient (Wildman–Crippen LogP) is 1.19. The molecule has 60 valence electrons. The molecule has 0 saturated heterocycles. The molecule has 0 aliphatic carbocycles. The summed E-state index contributed by atoms with van der Waals surface area (Å²) in [6, 6.07) is -0.278. The van der Waals surface area contributed by atoms with Crippen LogP contribution < -0.4 is 5.73 Å². The molecular formula is C8H17NO. The van der Waals surface area contributed by atoms with Gasteiger partial charge in [0.2, 0.25) is 0 Å². The molecule has 0 spiro atoms. The first-order valence-electron chi connectivity index (χ1n) is 3.76. The standard InChI is InChI=1S/C8H17NO/c1-5(2)7(9)8(10)6(3)4/h5-7H,9H2,1-4H3. The first-order chi connectivity index (χ1) is 4.46. The number of ketones is 1. The van der Waals surface area contributed by atoms with Crippen LogP contribution in [0.2, 0.25) is 0 Å². The van der Waals surface area contributed by atoms with Gasteiger partial charge in [0, 0.05) is 5.92 Å². The lowest BCUT2D eigenvalue weighted by Crippen LogP contribution is -2.38. The molecule has 0 aromatic heterocycles. The molecule has 2 heteroatoms. The van der Waals surface area contributed by atoms with Gasteiger partial charge in [-0.2, -0.15) is 0 Å². The van der Waals surface area contributed by atoms with Crippen LogP contribution in [0.1, 0.15) is 27.7 Å². The van der Waals surface area contributed by atoms with Gasteiger partial charge in [-0.05, 0) is 5.92 Å². The first kappa shape index (κ1) is 9.63. The van der Waals surface area contributed by atoms with E-state index in [9.17, 15) is 4.79 Å². The summed E-state index contributed by atoms with van der Waals surface area (Å²) >= 11 is 0. The molecule has 0 radical (unpaired) electrons. The van der Waals surface area contributed by atoms with E-state index in [4.69, 9.17) is 5.73 Å². The molecular weight excluding hydrogens is 126 g/mol. The Morgan fingerprint density at radius 2 is 1.60 bits per heavy atom. The Hall–Kier alpha value is -0.370. The SMILES string of the molecule is CC(C)C(=O)C(N)C(C)C. The summed E-state index contributed by atoms with van der Waals surface area (Å²) in [5, 5.41) is 0. The number of rotatable bonds is 3. The smallest absolute Gasteiger partial charge is 0.152 e. The maximum Gasteiger partial charge on any atom is 0.152 e. The summed E-state index contributed by atoms with van der Waals surface area (Å²) in [6.45, 7) is 7.69. The van der Waals surface area contributed by atoms with Crippen LogP contribution in [-0.2, 0) is 4.79 Å². The highest BCUT2D eigenvalue weighted by Gasteiger charge is 2.19. The summed E-state index contributed by atoms with van der Waals surface area (Å²) in [7, 11) is 0. The number of carbonyl (C=O) groups excluding carboxylic acids is 1. The van der Waals surface area contributed by atoms with Crippen LogP contribution in [0.4, 0.5) is 0 Å². The lowest BCUT2D eigenvalue weighted by atomic mass is 9.94. The fourth-order valence-electron chi connectivity index (χ4n) is 0.713. The predicted molar refractivity (Wildman–Crippen MR) is 42.7 cm³/mol. The zero-order valence-corrected chi connectivity index (χ0v) is 7.22. The van der Waals surface area contributed by atoms with Crippen molar-refractivity contribution >= 4 is 5.78 Å². The van der Waals surface area contributed by atoms with Gasteiger partial charge in [0.05, 0.1) is 6.04 Å². The van der Waals surface area contributed by atoms with Gasteiger partial charge in [-0.1, -0.05) is 27.7 Å². The van der Waals surface area contributed by atoms with E-state index in [2.05, 4.69) is 0 Å². The van der Waals surface area contributed by atoms with Gasteiger partial charge in [0.25, 0.3) is 0 Å². The van der Waals surface area contributed by atoms with Gasteiger partial charge in [0.1, 0.15) is 0 Å². The molecule has 0 aromatic carbocycles. The highest BCUT2D eigenvalue weighted by molar-refractivity contribution is 5.85. The Morgan fingerprint density at radius 3 is 1.70 bits per heavy atom. The highest BCUT2D eigenvalue weighted by Crippen LogP contribution is 2.05. The van der Waals surface area contributed by atoms with E-state index >= 15 is 0 Å². The molecule has 2 N–H and O–H groups in total. The zero-order chi connectivity index (χ0) is 8.31. The van der Waals surface area contributed by atoms with Crippen molar-refractivity contribution in [2.24, 2.45) is 17.6 Å². The van der Waals surface area contributed by atoms with Crippen LogP contribution in [-0.4, -0.2) is 11.8 Å². The average molecular weight is 143 g/mol. The topological polar surface area (TPSA) is 43.1 Å². The first-order valence-corrected chi connectivity index (χ1v) is 3.76. The van der Waals surface area contributed by atoms with Gasteiger partial charge in [-0.25, -0.2) is 0 Å². The molecule has 0 amide bonds. The van der Waals surface area contributed by atoms with Crippen molar-refractivity contribution in [1.29, 1.82) is 0 Å². The molecule has 0 bridgehead atoms. The monoisotopic (exact) mass is 143 g/mol. The number of Topliss-reactive ketones (excluding diaryl/α,β-unsaturated/α-hetero) is 1. The molecule has 1 atom stereocenters.